The third-order valence-corrected chi connectivity index (χ3v) is 7.64. The molecule has 11 heteroatoms. The van der Waals surface area contributed by atoms with Crippen LogP contribution in [0.2, 0.25) is 10.0 Å². The zero-order chi connectivity index (χ0) is 22.8. The van der Waals surface area contributed by atoms with Gasteiger partial charge in [0.2, 0.25) is 15.9 Å². The lowest BCUT2D eigenvalue weighted by molar-refractivity contribution is -0.114. The molecule has 0 spiro atoms. The number of aryl methyl sites for hydroxylation is 1. The molecular formula is C20H22Cl2N2O5S2. The Kier molecular flexibility index (Phi) is 7.51. The van der Waals surface area contributed by atoms with E-state index in [1.54, 1.807) is 6.92 Å². The van der Waals surface area contributed by atoms with Gasteiger partial charge in [-0.3, -0.25) is 9.10 Å². The quantitative estimate of drug-likeness (QED) is 0.559. The summed E-state index contributed by atoms with van der Waals surface area (Å²) in [6.45, 7) is 1.42. The number of hydrogen-bond donors (Lipinski definition) is 1. The van der Waals surface area contributed by atoms with Crippen LogP contribution in [0.5, 0.6) is 0 Å². The lowest BCUT2D eigenvalue weighted by Gasteiger charge is -2.23. The van der Waals surface area contributed by atoms with Gasteiger partial charge in [0.05, 0.1) is 29.1 Å². The minimum absolute atomic E-state index is 0.101. The maximum absolute atomic E-state index is 12.8. The summed E-state index contributed by atoms with van der Waals surface area (Å²) in [6.07, 6.45) is 4.53. The van der Waals surface area contributed by atoms with Crippen LogP contribution in [0.25, 0.3) is 0 Å². The summed E-state index contributed by atoms with van der Waals surface area (Å²) < 4.78 is 30.8. The minimum Gasteiger partial charge on any atom is -0.462 e. The Balaban J connectivity index is 1.89. The summed E-state index contributed by atoms with van der Waals surface area (Å²) >= 11 is 13.4. The van der Waals surface area contributed by atoms with Crippen LogP contribution >= 0.6 is 34.5 Å². The van der Waals surface area contributed by atoms with Crippen molar-refractivity contribution < 1.29 is 22.7 Å². The molecular weight excluding hydrogens is 483 g/mol. The molecule has 0 bridgehead atoms. The highest BCUT2D eigenvalue weighted by molar-refractivity contribution is 7.92. The van der Waals surface area contributed by atoms with Gasteiger partial charge in [-0.25, -0.2) is 13.2 Å². The van der Waals surface area contributed by atoms with E-state index in [4.69, 9.17) is 27.9 Å². The van der Waals surface area contributed by atoms with Gasteiger partial charge in [0, 0.05) is 9.90 Å². The van der Waals surface area contributed by atoms with Crippen LogP contribution in [0.1, 0.15) is 40.6 Å². The molecule has 7 nitrogen and oxygen atoms in total. The molecule has 0 aliphatic heterocycles. The van der Waals surface area contributed by atoms with Crippen molar-refractivity contribution in [3.05, 3.63) is 44.2 Å². The number of carbonyl (C=O) groups is 2. The van der Waals surface area contributed by atoms with E-state index >= 15 is 0 Å². The van der Waals surface area contributed by atoms with Gasteiger partial charge < -0.3 is 10.1 Å². The summed E-state index contributed by atoms with van der Waals surface area (Å²) in [6, 6.07) is 4.33. The molecule has 0 unspecified atom stereocenters. The number of halogens is 2. The predicted octanol–water partition coefficient (Wildman–Crippen LogP) is 4.52. The van der Waals surface area contributed by atoms with Crippen molar-refractivity contribution in [2.75, 3.05) is 29.0 Å². The van der Waals surface area contributed by atoms with E-state index in [1.807, 2.05) is 0 Å². The SMILES string of the molecule is CCOC(=O)c1c(NC(=O)CN(c2ccc(Cl)cc2Cl)S(C)(=O)=O)sc2c1CCCC2. The van der Waals surface area contributed by atoms with Crippen molar-refractivity contribution in [3.8, 4) is 0 Å². The Morgan fingerprint density at radius 2 is 1.94 bits per heavy atom. The second kappa shape index (κ2) is 9.77. The topological polar surface area (TPSA) is 92.8 Å². The molecule has 2 aromatic rings. The molecule has 0 atom stereocenters. The Hall–Kier alpha value is -1.81. The number of amides is 1. The van der Waals surface area contributed by atoms with Crippen molar-refractivity contribution in [1.29, 1.82) is 0 Å². The molecule has 1 heterocycles. The van der Waals surface area contributed by atoms with Gasteiger partial charge >= 0.3 is 5.97 Å². The summed E-state index contributed by atoms with van der Waals surface area (Å²) in [4.78, 5) is 26.4. The van der Waals surface area contributed by atoms with E-state index in [0.717, 1.165) is 46.7 Å². The van der Waals surface area contributed by atoms with Crippen LogP contribution < -0.4 is 9.62 Å². The van der Waals surface area contributed by atoms with Gasteiger partial charge in [0.15, 0.2) is 0 Å². The van der Waals surface area contributed by atoms with E-state index in [9.17, 15) is 18.0 Å². The van der Waals surface area contributed by atoms with Gasteiger partial charge in [-0.2, -0.15) is 0 Å². The lowest BCUT2D eigenvalue weighted by atomic mass is 9.95. The lowest BCUT2D eigenvalue weighted by Crippen LogP contribution is -2.37. The van der Waals surface area contributed by atoms with Gasteiger partial charge in [-0.15, -0.1) is 11.3 Å². The van der Waals surface area contributed by atoms with E-state index in [0.29, 0.717) is 15.6 Å². The fourth-order valence-electron chi connectivity index (χ4n) is 3.43. The molecule has 0 saturated carbocycles. The highest BCUT2D eigenvalue weighted by Crippen LogP contribution is 2.39. The van der Waals surface area contributed by atoms with Crippen LogP contribution in [0, 0.1) is 0 Å². The first-order valence-corrected chi connectivity index (χ1v) is 13.1. The summed E-state index contributed by atoms with van der Waals surface area (Å²) in [7, 11) is -3.82. The summed E-state index contributed by atoms with van der Waals surface area (Å²) in [5.74, 6) is -1.08. The first-order chi connectivity index (χ1) is 14.6. The number of carbonyl (C=O) groups excluding carboxylic acids is 2. The van der Waals surface area contributed by atoms with E-state index in [2.05, 4.69) is 5.32 Å². The standard InChI is InChI=1S/C20H22Cl2N2O5S2/c1-3-29-20(26)18-13-6-4-5-7-16(13)30-19(18)23-17(25)11-24(31(2,27)28)15-9-8-12(21)10-14(15)22/h8-10H,3-7,11H2,1-2H3,(H,23,25). The average molecular weight is 505 g/mol. The van der Waals surface area contributed by atoms with Crippen molar-refractivity contribution >= 4 is 67.1 Å². The Bertz CT molecular complexity index is 1120. The first-order valence-electron chi connectivity index (χ1n) is 9.66. The van der Waals surface area contributed by atoms with Crippen molar-refractivity contribution in [2.24, 2.45) is 0 Å². The molecule has 0 saturated heterocycles. The normalized spacial score (nSPS) is 13.4. The fourth-order valence-corrected chi connectivity index (χ4v) is 6.16. The number of thiophene rings is 1. The Morgan fingerprint density at radius 3 is 2.58 bits per heavy atom. The molecule has 1 aliphatic carbocycles. The average Bonchev–Trinajstić information content (AvgIpc) is 3.03. The number of rotatable bonds is 7. The molecule has 31 heavy (non-hydrogen) atoms. The number of nitrogens with one attached hydrogen (secondary N) is 1. The van der Waals surface area contributed by atoms with Gasteiger partial charge in [-0.05, 0) is 56.4 Å². The second-order valence-electron chi connectivity index (χ2n) is 7.05. The van der Waals surface area contributed by atoms with Crippen molar-refractivity contribution in [2.45, 2.75) is 32.6 Å². The van der Waals surface area contributed by atoms with E-state index in [-0.39, 0.29) is 17.3 Å². The van der Waals surface area contributed by atoms with Gasteiger partial charge in [0.1, 0.15) is 11.5 Å². The zero-order valence-electron chi connectivity index (χ0n) is 17.0. The second-order valence-corrected chi connectivity index (χ2v) is 10.9. The summed E-state index contributed by atoms with van der Waals surface area (Å²) in [5.41, 5.74) is 1.41. The van der Waals surface area contributed by atoms with Crippen LogP contribution in [0.15, 0.2) is 18.2 Å². The van der Waals surface area contributed by atoms with Crippen molar-refractivity contribution in [3.63, 3.8) is 0 Å². The van der Waals surface area contributed by atoms with E-state index in [1.165, 1.54) is 29.5 Å². The van der Waals surface area contributed by atoms with Gasteiger partial charge in [0.25, 0.3) is 0 Å². The van der Waals surface area contributed by atoms with Crippen LogP contribution in [0.3, 0.4) is 0 Å². The Morgan fingerprint density at radius 1 is 1.23 bits per heavy atom. The molecule has 168 valence electrons. The van der Waals surface area contributed by atoms with Crippen LogP contribution in [-0.2, 0) is 32.4 Å². The van der Waals surface area contributed by atoms with Crippen LogP contribution in [0.4, 0.5) is 10.7 Å². The highest BCUT2D eigenvalue weighted by Gasteiger charge is 2.29. The third kappa shape index (κ3) is 5.52. The zero-order valence-corrected chi connectivity index (χ0v) is 20.2. The fraction of sp³-hybridized carbons (Fsp3) is 0.400. The number of ether oxygens (including phenoxy) is 1. The molecule has 0 fully saturated rings. The smallest absolute Gasteiger partial charge is 0.341 e. The van der Waals surface area contributed by atoms with Gasteiger partial charge in [-0.1, -0.05) is 23.2 Å². The number of benzene rings is 1. The molecule has 1 amide bonds. The first kappa shape index (κ1) is 23.8. The molecule has 1 aliphatic rings. The molecule has 3 rings (SSSR count). The molecule has 1 aromatic heterocycles. The monoisotopic (exact) mass is 504 g/mol. The van der Waals surface area contributed by atoms with Crippen LogP contribution in [-0.4, -0.2) is 39.7 Å². The number of hydrogen-bond acceptors (Lipinski definition) is 6. The highest BCUT2D eigenvalue weighted by atomic mass is 35.5. The number of fused-ring (bicyclic) bond motifs is 1. The predicted molar refractivity (Wildman–Crippen MR) is 124 cm³/mol. The number of nitrogens with zero attached hydrogens (tertiary/aromatic N) is 1. The largest absolute Gasteiger partial charge is 0.462 e. The number of sulfonamides is 1. The van der Waals surface area contributed by atoms with E-state index < -0.39 is 28.4 Å². The Labute approximate surface area is 195 Å². The molecule has 1 aromatic carbocycles. The third-order valence-electron chi connectivity index (χ3n) is 4.77. The number of anilines is 2. The molecule has 0 radical (unpaired) electrons. The minimum atomic E-state index is -3.82. The maximum atomic E-state index is 12.8. The number of esters is 1. The maximum Gasteiger partial charge on any atom is 0.341 e. The molecule has 1 N–H and O–H groups in total. The summed E-state index contributed by atoms with van der Waals surface area (Å²) in [5, 5.41) is 3.54. The van der Waals surface area contributed by atoms with Crippen molar-refractivity contribution in [1.82, 2.24) is 0 Å².